The summed E-state index contributed by atoms with van der Waals surface area (Å²) < 4.78 is 28.5. The standard InChI is InChI=1S/C12H21NO4S/c1-8-6-9(2)17-10(8)11(14)13-12(3)4-5-18(15,16)7-12/h8-10H,4-7H2,1-3H3,(H,13,14). The van der Waals surface area contributed by atoms with E-state index in [1.165, 1.54) is 0 Å². The molecule has 0 aromatic rings. The summed E-state index contributed by atoms with van der Waals surface area (Å²) in [6.45, 7) is 5.73. The Morgan fingerprint density at radius 3 is 2.50 bits per heavy atom. The molecule has 6 heteroatoms. The van der Waals surface area contributed by atoms with E-state index in [4.69, 9.17) is 4.74 Å². The smallest absolute Gasteiger partial charge is 0.249 e. The van der Waals surface area contributed by atoms with Gasteiger partial charge >= 0.3 is 0 Å². The molecule has 2 heterocycles. The molecule has 0 radical (unpaired) electrons. The highest BCUT2D eigenvalue weighted by atomic mass is 32.2. The second-order valence-corrected chi connectivity index (χ2v) is 8.16. The molecule has 18 heavy (non-hydrogen) atoms. The van der Waals surface area contributed by atoms with Crippen LogP contribution in [0.5, 0.6) is 0 Å². The Morgan fingerprint density at radius 2 is 2.06 bits per heavy atom. The van der Waals surface area contributed by atoms with Gasteiger partial charge in [0.1, 0.15) is 6.10 Å². The summed E-state index contributed by atoms with van der Waals surface area (Å²) in [4.78, 5) is 12.1. The van der Waals surface area contributed by atoms with E-state index in [1.54, 1.807) is 6.92 Å². The van der Waals surface area contributed by atoms with Gasteiger partial charge in [0.05, 0.1) is 23.1 Å². The van der Waals surface area contributed by atoms with E-state index in [9.17, 15) is 13.2 Å². The van der Waals surface area contributed by atoms with Gasteiger partial charge in [-0.05, 0) is 32.6 Å². The fraction of sp³-hybridized carbons (Fsp3) is 0.917. The number of hydrogen-bond donors (Lipinski definition) is 1. The van der Waals surface area contributed by atoms with Crippen LogP contribution in [0.15, 0.2) is 0 Å². The SMILES string of the molecule is CC1CC(C)C(C(=O)NC2(C)CCS(=O)(=O)C2)O1. The molecule has 0 saturated carbocycles. The average molecular weight is 275 g/mol. The number of carbonyl (C=O) groups is 1. The monoisotopic (exact) mass is 275 g/mol. The van der Waals surface area contributed by atoms with Crippen molar-refractivity contribution in [1.82, 2.24) is 5.32 Å². The van der Waals surface area contributed by atoms with Crippen molar-refractivity contribution in [2.75, 3.05) is 11.5 Å². The van der Waals surface area contributed by atoms with E-state index < -0.39 is 21.5 Å². The molecule has 0 aromatic heterocycles. The predicted molar refractivity (Wildman–Crippen MR) is 67.9 cm³/mol. The summed E-state index contributed by atoms with van der Waals surface area (Å²) in [6.07, 6.45) is 1.00. The van der Waals surface area contributed by atoms with Crippen molar-refractivity contribution < 1.29 is 17.9 Å². The molecule has 2 rings (SSSR count). The van der Waals surface area contributed by atoms with E-state index in [0.717, 1.165) is 6.42 Å². The normalized spacial score (nSPS) is 42.9. The Kier molecular flexibility index (Phi) is 3.44. The van der Waals surface area contributed by atoms with Crippen molar-refractivity contribution in [3.8, 4) is 0 Å². The Morgan fingerprint density at radius 1 is 1.39 bits per heavy atom. The van der Waals surface area contributed by atoms with Crippen molar-refractivity contribution >= 4 is 15.7 Å². The van der Waals surface area contributed by atoms with E-state index in [2.05, 4.69) is 5.32 Å². The summed E-state index contributed by atoms with van der Waals surface area (Å²) in [5.74, 6) is 0.192. The van der Waals surface area contributed by atoms with Gasteiger partial charge in [-0.3, -0.25) is 4.79 Å². The van der Waals surface area contributed by atoms with Crippen molar-refractivity contribution in [3.63, 3.8) is 0 Å². The van der Waals surface area contributed by atoms with E-state index in [1.807, 2.05) is 13.8 Å². The number of sulfone groups is 1. The fourth-order valence-corrected chi connectivity index (χ4v) is 4.98. The lowest BCUT2D eigenvalue weighted by Gasteiger charge is -2.26. The predicted octanol–water partition coefficient (Wildman–Crippen LogP) is 0.493. The fourth-order valence-electron chi connectivity index (χ4n) is 2.88. The van der Waals surface area contributed by atoms with Gasteiger partial charge < -0.3 is 10.1 Å². The largest absolute Gasteiger partial charge is 0.365 e. The van der Waals surface area contributed by atoms with E-state index in [0.29, 0.717) is 6.42 Å². The maximum absolute atomic E-state index is 12.1. The number of ether oxygens (including phenoxy) is 1. The average Bonchev–Trinajstić information content (AvgIpc) is 2.67. The van der Waals surface area contributed by atoms with Crippen molar-refractivity contribution in [2.45, 2.75) is 51.4 Å². The third-order valence-corrected chi connectivity index (χ3v) is 5.69. The summed E-state index contributed by atoms with van der Waals surface area (Å²) in [5, 5.41) is 2.86. The van der Waals surface area contributed by atoms with Gasteiger partial charge in [-0.25, -0.2) is 8.42 Å². The summed E-state index contributed by atoms with van der Waals surface area (Å²) >= 11 is 0. The van der Waals surface area contributed by atoms with Crippen LogP contribution in [0.4, 0.5) is 0 Å². The second kappa shape index (κ2) is 4.49. The number of hydrogen-bond acceptors (Lipinski definition) is 4. The Labute approximate surface area is 108 Å². The number of rotatable bonds is 2. The van der Waals surface area contributed by atoms with E-state index >= 15 is 0 Å². The number of amides is 1. The molecule has 5 nitrogen and oxygen atoms in total. The van der Waals surface area contributed by atoms with Crippen LogP contribution in [0.25, 0.3) is 0 Å². The highest BCUT2D eigenvalue weighted by Crippen LogP contribution is 2.28. The topological polar surface area (TPSA) is 72.5 Å². The highest BCUT2D eigenvalue weighted by molar-refractivity contribution is 7.91. The van der Waals surface area contributed by atoms with Gasteiger partial charge in [-0.1, -0.05) is 6.92 Å². The molecule has 2 saturated heterocycles. The molecule has 1 amide bonds. The highest BCUT2D eigenvalue weighted by Gasteiger charge is 2.43. The molecular formula is C12H21NO4S. The Bertz CT molecular complexity index is 447. The third-order valence-electron chi connectivity index (χ3n) is 3.79. The van der Waals surface area contributed by atoms with Crippen LogP contribution in [-0.4, -0.2) is 43.6 Å². The van der Waals surface area contributed by atoms with Gasteiger partial charge in [0.2, 0.25) is 5.91 Å². The minimum Gasteiger partial charge on any atom is -0.365 e. The lowest BCUT2D eigenvalue weighted by atomic mass is 9.98. The minimum absolute atomic E-state index is 0.0302. The summed E-state index contributed by atoms with van der Waals surface area (Å²) in [7, 11) is -3.00. The lowest BCUT2D eigenvalue weighted by Crippen LogP contribution is -2.51. The molecule has 2 aliphatic rings. The zero-order chi connectivity index (χ0) is 13.6. The Balaban J connectivity index is 2.00. The molecule has 0 spiro atoms. The van der Waals surface area contributed by atoms with Gasteiger partial charge in [-0.15, -0.1) is 0 Å². The molecule has 0 aromatic carbocycles. The molecule has 0 aliphatic carbocycles. The molecule has 2 fully saturated rings. The van der Waals surface area contributed by atoms with Gasteiger partial charge in [0.15, 0.2) is 9.84 Å². The summed E-state index contributed by atoms with van der Waals surface area (Å²) in [6, 6.07) is 0. The van der Waals surface area contributed by atoms with Gasteiger partial charge in [0, 0.05) is 0 Å². The Hall–Kier alpha value is -0.620. The zero-order valence-corrected chi connectivity index (χ0v) is 11.9. The van der Waals surface area contributed by atoms with Crippen LogP contribution < -0.4 is 5.32 Å². The van der Waals surface area contributed by atoms with Crippen molar-refractivity contribution in [1.29, 1.82) is 0 Å². The molecule has 104 valence electrons. The molecule has 2 aliphatic heterocycles. The first-order valence-electron chi connectivity index (χ1n) is 6.39. The molecule has 4 atom stereocenters. The van der Waals surface area contributed by atoms with Crippen LogP contribution in [-0.2, 0) is 19.4 Å². The molecule has 4 unspecified atom stereocenters. The number of carbonyl (C=O) groups excluding carboxylic acids is 1. The maximum Gasteiger partial charge on any atom is 0.249 e. The van der Waals surface area contributed by atoms with Crippen LogP contribution in [0.3, 0.4) is 0 Å². The van der Waals surface area contributed by atoms with Crippen LogP contribution in [0.1, 0.15) is 33.6 Å². The number of nitrogens with one attached hydrogen (secondary N) is 1. The first-order chi connectivity index (χ1) is 8.21. The molecule has 0 bridgehead atoms. The van der Waals surface area contributed by atoms with Crippen LogP contribution in [0.2, 0.25) is 0 Å². The second-order valence-electron chi connectivity index (χ2n) is 5.97. The van der Waals surface area contributed by atoms with Crippen LogP contribution >= 0.6 is 0 Å². The minimum atomic E-state index is -3.00. The summed E-state index contributed by atoms with van der Waals surface area (Å²) in [5.41, 5.74) is -0.634. The zero-order valence-electron chi connectivity index (χ0n) is 11.1. The molecular weight excluding hydrogens is 254 g/mol. The molecule has 1 N–H and O–H groups in total. The first kappa shape index (κ1) is 13.8. The van der Waals surface area contributed by atoms with E-state index in [-0.39, 0.29) is 29.4 Å². The lowest BCUT2D eigenvalue weighted by molar-refractivity contribution is -0.134. The van der Waals surface area contributed by atoms with Crippen molar-refractivity contribution in [3.05, 3.63) is 0 Å². The van der Waals surface area contributed by atoms with Crippen LogP contribution in [0, 0.1) is 5.92 Å². The van der Waals surface area contributed by atoms with Gasteiger partial charge in [-0.2, -0.15) is 0 Å². The first-order valence-corrected chi connectivity index (χ1v) is 8.21. The quantitative estimate of drug-likeness (QED) is 0.796. The van der Waals surface area contributed by atoms with Gasteiger partial charge in [0.25, 0.3) is 0 Å². The third kappa shape index (κ3) is 2.85. The van der Waals surface area contributed by atoms with Crippen molar-refractivity contribution in [2.24, 2.45) is 5.92 Å². The maximum atomic E-state index is 12.1.